The molecule has 0 atom stereocenters. The van der Waals surface area contributed by atoms with Gasteiger partial charge in [-0.15, -0.1) is 0 Å². The molecule has 0 saturated heterocycles. The van der Waals surface area contributed by atoms with Gasteiger partial charge in [0.2, 0.25) is 5.91 Å². The fraction of sp³-hybridized carbons (Fsp3) is 0.533. The maximum atomic E-state index is 11.7. The second-order valence-electron chi connectivity index (χ2n) is 5.13. The van der Waals surface area contributed by atoms with Crippen molar-refractivity contribution in [2.24, 2.45) is 11.7 Å². The summed E-state index contributed by atoms with van der Waals surface area (Å²) in [6.45, 7) is 1.31. The van der Waals surface area contributed by atoms with Crippen molar-refractivity contribution in [1.82, 2.24) is 5.32 Å². The van der Waals surface area contributed by atoms with Gasteiger partial charge in [-0.2, -0.15) is 0 Å². The van der Waals surface area contributed by atoms with E-state index in [-0.39, 0.29) is 5.91 Å². The van der Waals surface area contributed by atoms with E-state index >= 15 is 0 Å². The molecule has 0 unspecified atom stereocenters. The molecule has 18 heavy (non-hydrogen) atoms. The van der Waals surface area contributed by atoms with Gasteiger partial charge in [0.25, 0.3) is 0 Å². The van der Waals surface area contributed by atoms with Gasteiger partial charge in [-0.1, -0.05) is 30.7 Å². The van der Waals surface area contributed by atoms with Crippen molar-refractivity contribution < 1.29 is 4.79 Å². The molecule has 0 radical (unpaired) electrons. The Balaban J connectivity index is 1.73. The summed E-state index contributed by atoms with van der Waals surface area (Å²) in [6.07, 6.45) is 5.35. The zero-order valence-corrected chi connectivity index (χ0v) is 10.8. The third kappa shape index (κ3) is 3.84. The average Bonchev–Trinajstić information content (AvgIpc) is 2.33. The molecule has 0 aromatic heterocycles. The summed E-state index contributed by atoms with van der Waals surface area (Å²) in [5, 5.41) is 2.99. The van der Waals surface area contributed by atoms with Gasteiger partial charge in [0.1, 0.15) is 0 Å². The van der Waals surface area contributed by atoms with Crippen LogP contribution < -0.4 is 11.1 Å². The monoisotopic (exact) mass is 246 g/mol. The Hall–Kier alpha value is -1.35. The first-order valence-electron chi connectivity index (χ1n) is 6.82. The second-order valence-corrected chi connectivity index (χ2v) is 5.13. The highest BCUT2D eigenvalue weighted by atomic mass is 16.1. The molecule has 1 aliphatic rings. The number of carbonyl (C=O) groups excluding carboxylic acids is 1. The van der Waals surface area contributed by atoms with Gasteiger partial charge >= 0.3 is 0 Å². The van der Waals surface area contributed by atoms with Crippen LogP contribution in [0.1, 0.15) is 36.8 Å². The molecular formula is C15H22N2O. The molecule has 0 spiro atoms. The van der Waals surface area contributed by atoms with E-state index < -0.39 is 0 Å². The summed E-state index contributed by atoms with van der Waals surface area (Å²) in [5.74, 6) is 0.822. The number of carbonyl (C=O) groups is 1. The highest BCUT2D eigenvalue weighted by molar-refractivity contribution is 5.76. The van der Waals surface area contributed by atoms with E-state index in [0.29, 0.717) is 25.4 Å². The van der Waals surface area contributed by atoms with Gasteiger partial charge in [-0.25, -0.2) is 0 Å². The normalized spacial score (nSPS) is 15.2. The first-order valence-corrected chi connectivity index (χ1v) is 6.82. The summed E-state index contributed by atoms with van der Waals surface area (Å²) in [5.41, 5.74) is 7.91. The van der Waals surface area contributed by atoms with Gasteiger partial charge in [0.15, 0.2) is 0 Å². The van der Waals surface area contributed by atoms with Gasteiger partial charge in [0.05, 0.1) is 0 Å². The van der Waals surface area contributed by atoms with Crippen molar-refractivity contribution in [2.75, 3.05) is 6.54 Å². The van der Waals surface area contributed by atoms with Crippen molar-refractivity contribution in [3.63, 3.8) is 0 Å². The molecule has 98 valence electrons. The topological polar surface area (TPSA) is 55.1 Å². The Morgan fingerprint density at radius 2 is 1.89 bits per heavy atom. The van der Waals surface area contributed by atoms with Crippen molar-refractivity contribution in [2.45, 2.75) is 38.6 Å². The molecule has 3 N–H and O–H groups in total. The first kappa shape index (κ1) is 13.1. The molecule has 0 heterocycles. The molecule has 3 nitrogen and oxygen atoms in total. The lowest BCUT2D eigenvalue weighted by molar-refractivity contribution is -0.122. The Labute approximate surface area is 109 Å². The lowest BCUT2D eigenvalue weighted by atomic mass is 9.83. The highest BCUT2D eigenvalue weighted by Crippen LogP contribution is 2.29. The van der Waals surface area contributed by atoms with Crippen LogP contribution in [0.4, 0.5) is 0 Å². The average molecular weight is 246 g/mol. The van der Waals surface area contributed by atoms with Crippen LogP contribution in [-0.4, -0.2) is 12.5 Å². The van der Waals surface area contributed by atoms with Gasteiger partial charge in [-0.05, 0) is 42.9 Å². The number of amides is 1. The predicted molar refractivity (Wildman–Crippen MR) is 73.0 cm³/mol. The lowest BCUT2D eigenvalue weighted by Gasteiger charge is -2.24. The number of hydrogen-bond donors (Lipinski definition) is 2. The molecular weight excluding hydrogens is 224 g/mol. The Morgan fingerprint density at radius 3 is 2.44 bits per heavy atom. The van der Waals surface area contributed by atoms with Crippen molar-refractivity contribution in [1.29, 1.82) is 0 Å². The minimum Gasteiger partial charge on any atom is -0.352 e. The van der Waals surface area contributed by atoms with Crippen LogP contribution >= 0.6 is 0 Å². The molecule has 1 amide bonds. The number of rotatable bonds is 6. The molecule has 3 heteroatoms. The quantitative estimate of drug-likeness (QED) is 0.806. The SMILES string of the molecule is NCCc1ccc(CNC(=O)CC2CCC2)cc1. The predicted octanol–water partition coefficient (Wildman–Crippen LogP) is 1.99. The van der Waals surface area contributed by atoms with E-state index in [1.54, 1.807) is 0 Å². The van der Waals surface area contributed by atoms with Crippen molar-refractivity contribution in [3.05, 3.63) is 35.4 Å². The number of hydrogen-bond acceptors (Lipinski definition) is 2. The molecule has 0 aliphatic heterocycles. The largest absolute Gasteiger partial charge is 0.352 e. The highest BCUT2D eigenvalue weighted by Gasteiger charge is 2.20. The lowest BCUT2D eigenvalue weighted by Crippen LogP contribution is -2.27. The standard InChI is InChI=1S/C15H22N2O/c16-9-8-12-4-6-14(7-5-12)11-17-15(18)10-13-2-1-3-13/h4-7,13H,1-3,8-11,16H2,(H,17,18). The van der Waals surface area contributed by atoms with Crippen LogP contribution in [0, 0.1) is 5.92 Å². The van der Waals surface area contributed by atoms with Crippen LogP contribution in [0.15, 0.2) is 24.3 Å². The molecule has 2 rings (SSSR count). The van der Waals surface area contributed by atoms with Crippen LogP contribution in [0.5, 0.6) is 0 Å². The van der Waals surface area contributed by atoms with Gasteiger partial charge in [-0.3, -0.25) is 4.79 Å². The summed E-state index contributed by atoms with van der Waals surface area (Å²) in [7, 11) is 0. The zero-order chi connectivity index (χ0) is 12.8. The maximum absolute atomic E-state index is 11.7. The van der Waals surface area contributed by atoms with E-state index in [1.807, 2.05) is 0 Å². The van der Waals surface area contributed by atoms with Crippen molar-refractivity contribution >= 4 is 5.91 Å². The third-order valence-corrected chi connectivity index (χ3v) is 3.64. The van der Waals surface area contributed by atoms with E-state index in [1.165, 1.54) is 24.8 Å². The Kier molecular flexibility index (Phi) is 4.76. The fourth-order valence-electron chi connectivity index (χ4n) is 2.22. The number of nitrogens with two attached hydrogens (primary N) is 1. The van der Waals surface area contributed by atoms with E-state index in [4.69, 9.17) is 5.73 Å². The molecule has 1 aliphatic carbocycles. The first-order chi connectivity index (χ1) is 8.78. The Bertz CT molecular complexity index is 382. The fourth-order valence-corrected chi connectivity index (χ4v) is 2.22. The minimum absolute atomic E-state index is 0.186. The Morgan fingerprint density at radius 1 is 1.22 bits per heavy atom. The van der Waals surface area contributed by atoms with E-state index in [0.717, 1.165) is 12.0 Å². The van der Waals surface area contributed by atoms with Crippen molar-refractivity contribution in [3.8, 4) is 0 Å². The summed E-state index contributed by atoms with van der Waals surface area (Å²) < 4.78 is 0. The number of benzene rings is 1. The summed E-state index contributed by atoms with van der Waals surface area (Å²) in [4.78, 5) is 11.7. The minimum atomic E-state index is 0.186. The zero-order valence-electron chi connectivity index (χ0n) is 10.8. The molecule has 1 aromatic carbocycles. The van der Waals surface area contributed by atoms with Crippen LogP contribution in [0.25, 0.3) is 0 Å². The molecule has 1 fully saturated rings. The van der Waals surface area contributed by atoms with Crippen LogP contribution in [-0.2, 0) is 17.8 Å². The molecule has 0 bridgehead atoms. The van der Waals surface area contributed by atoms with Gasteiger partial charge < -0.3 is 11.1 Å². The molecule has 1 saturated carbocycles. The second kappa shape index (κ2) is 6.55. The van der Waals surface area contributed by atoms with E-state index in [9.17, 15) is 4.79 Å². The van der Waals surface area contributed by atoms with Gasteiger partial charge in [0, 0.05) is 13.0 Å². The maximum Gasteiger partial charge on any atom is 0.220 e. The summed E-state index contributed by atoms with van der Waals surface area (Å²) in [6, 6.07) is 8.30. The van der Waals surface area contributed by atoms with Crippen LogP contribution in [0.2, 0.25) is 0 Å². The smallest absolute Gasteiger partial charge is 0.220 e. The molecule has 1 aromatic rings. The number of nitrogens with one attached hydrogen (secondary N) is 1. The van der Waals surface area contributed by atoms with Crippen LogP contribution in [0.3, 0.4) is 0 Å². The third-order valence-electron chi connectivity index (χ3n) is 3.64. The summed E-state index contributed by atoms with van der Waals surface area (Å²) >= 11 is 0. The van der Waals surface area contributed by atoms with E-state index in [2.05, 4.69) is 29.6 Å².